The number of nitrogens with zero attached hydrogens (tertiary/aromatic N) is 7. The van der Waals surface area contributed by atoms with Crippen molar-refractivity contribution in [1.82, 2.24) is 39.1 Å². The molecule has 0 bridgehead atoms. The number of aromatic nitrogens is 8. The van der Waals surface area contributed by atoms with Gasteiger partial charge < -0.3 is 14.4 Å². The van der Waals surface area contributed by atoms with E-state index in [1.807, 2.05) is 20.8 Å². The van der Waals surface area contributed by atoms with Crippen LogP contribution >= 0.6 is 0 Å². The highest BCUT2D eigenvalue weighted by Crippen LogP contribution is 2.17. The van der Waals surface area contributed by atoms with Crippen LogP contribution in [0.4, 0.5) is 0 Å². The molecule has 0 amide bonds. The summed E-state index contributed by atoms with van der Waals surface area (Å²) >= 11 is 0. The molecule has 0 fully saturated rings. The van der Waals surface area contributed by atoms with Crippen LogP contribution < -0.4 is 16.0 Å². The molecule has 0 spiro atoms. The highest BCUT2D eigenvalue weighted by atomic mass is 16.5. The summed E-state index contributed by atoms with van der Waals surface area (Å²) in [6.07, 6.45) is 3.40. The van der Waals surface area contributed by atoms with Crippen molar-refractivity contribution in [3.8, 4) is 11.7 Å². The highest BCUT2D eigenvalue weighted by Gasteiger charge is 2.19. The lowest BCUT2D eigenvalue weighted by atomic mass is 10.2. The van der Waals surface area contributed by atoms with Crippen LogP contribution in [-0.4, -0.2) is 50.2 Å². The number of hydrogen-bond donors (Lipinski definition) is 2. The normalized spacial score (nSPS) is 11.3. The molecule has 0 aliphatic rings. The molecule has 184 valence electrons. The number of carbonyl (C=O) groups is 1. The first-order chi connectivity index (χ1) is 16.9. The first-order valence-electron chi connectivity index (χ1n) is 11.4. The summed E-state index contributed by atoms with van der Waals surface area (Å²) in [6, 6.07) is 3.21. The second kappa shape index (κ2) is 9.91. The summed E-state index contributed by atoms with van der Waals surface area (Å²) in [5.74, 6) is -0.0154. The molecule has 4 heterocycles. The molecule has 2 N–H and O–H groups in total. The maximum absolute atomic E-state index is 12.5. The molecular weight excluding hydrogens is 456 g/mol. The number of aryl methyl sites for hydroxylation is 2. The Balaban J connectivity index is 1.60. The number of fused-ring (bicyclic) bond motifs is 1. The van der Waals surface area contributed by atoms with Crippen LogP contribution in [0.2, 0.25) is 0 Å². The van der Waals surface area contributed by atoms with Gasteiger partial charge in [0, 0.05) is 19.2 Å². The second-order valence-electron chi connectivity index (χ2n) is 7.80. The van der Waals surface area contributed by atoms with Gasteiger partial charge in [-0.15, -0.1) is 10.2 Å². The fraction of sp³-hybridized carbons (Fsp3) is 0.409. The number of nitrogens with one attached hydrogen (secondary N) is 1. The molecule has 4 rings (SSSR count). The standard InChI is InChI=1S/C22H26N8O5/c1-4-7-10-29-19-18(20(31)25-22(29)34)28(6-3)16(24-19)12-35-17-9-8-15(26-27-17)30-14(5-2)13(11-23-30)21(32)33/h8-9,11H,4-7,10,12H2,1-3H3,(H,32,33)(H,25,31,34). The summed E-state index contributed by atoms with van der Waals surface area (Å²) in [5, 5.41) is 21.6. The van der Waals surface area contributed by atoms with Gasteiger partial charge in [-0.3, -0.25) is 14.3 Å². The monoisotopic (exact) mass is 482 g/mol. The average molecular weight is 483 g/mol. The van der Waals surface area contributed by atoms with E-state index in [1.165, 1.54) is 15.4 Å². The second-order valence-corrected chi connectivity index (χ2v) is 7.80. The first kappa shape index (κ1) is 23.9. The molecule has 4 aromatic heterocycles. The van der Waals surface area contributed by atoms with Crippen LogP contribution in [0.1, 0.15) is 55.5 Å². The van der Waals surface area contributed by atoms with Gasteiger partial charge in [-0.1, -0.05) is 20.3 Å². The van der Waals surface area contributed by atoms with E-state index in [2.05, 4.69) is 25.3 Å². The summed E-state index contributed by atoms with van der Waals surface area (Å²) in [7, 11) is 0. The Morgan fingerprint density at radius 3 is 2.57 bits per heavy atom. The lowest BCUT2D eigenvalue weighted by molar-refractivity contribution is 0.0695. The highest BCUT2D eigenvalue weighted by molar-refractivity contribution is 5.88. The third-order valence-electron chi connectivity index (χ3n) is 5.64. The Hall–Kier alpha value is -4.29. The predicted molar refractivity (Wildman–Crippen MR) is 125 cm³/mol. The third kappa shape index (κ3) is 4.44. The van der Waals surface area contributed by atoms with E-state index in [0.717, 1.165) is 12.8 Å². The molecule has 0 aliphatic heterocycles. The molecule has 13 nitrogen and oxygen atoms in total. The van der Waals surface area contributed by atoms with E-state index in [9.17, 15) is 19.5 Å². The van der Waals surface area contributed by atoms with Crippen molar-refractivity contribution in [3.63, 3.8) is 0 Å². The minimum atomic E-state index is -1.06. The van der Waals surface area contributed by atoms with Crippen LogP contribution in [-0.2, 0) is 26.1 Å². The number of aromatic carboxylic acids is 1. The predicted octanol–water partition coefficient (Wildman–Crippen LogP) is 1.52. The molecule has 0 radical (unpaired) electrons. The van der Waals surface area contributed by atoms with Crippen LogP contribution in [0.3, 0.4) is 0 Å². The minimum absolute atomic E-state index is 0.00307. The number of rotatable bonds is 10. The van der Waals surface area contributed by atoms with Gasteiger partial charge in [-0.05, 0) is 25.8 Å². The summed E-state index contributed by atoms with van der Waals surface area (Å²) in [4.78, 5) is 43.2. The Morgan fingerprint density at radius 1 is 1.14 bits per heavy atom. The van der Waals surface area contributed by atoms with E-state index in [4.69, 9.17) is 4.74 Å². The van der Waals surface area contributed by atoms with Crippen LogP contribution in [0, 0.1) is 0 Å². The van der Waals surface area contributed by atoms with Crippen molar-refractivity contribution in [2.24, 2.45) is 0 Å². The lowest BCUT2D eigenvalue weighted by Gasteiger charge is -2.08. The van der Waals surface area contributed by atoms with Gasteiger partial charge in [-0.2, -0.15) is 5.10 Å². The fourth-order valence-electron chi connectivity index (χ4n) is 3.92. The van der Waals surface area contributed by atoms with E-state index >= 15 is 0 Å². The van der Waals surface area contributed by atoms with E-state index in [0.29, 0.717) is 48.0 Å². The molecule has 4 aromatic rings. The molecule has 0 saturated carbocycles. The Labute approximate surface area is 199 Å². The fourth-order valence-corrected chi connectivity index (χ4v) is 3.92. The molecule has 0 aromatic carbocycles. The number of carboxylic acids is 1. The number of aromatic amines is 1. The largest absolute Gasteiger partial charge is 0.478 e. The number of hydrogen-bond acceptors (Lipinski definition) is 8. The zero-order chi connectivity index (χ0) is 25.1. The van der Waals surface area contributed by atoms with Gasteiger partial charge in [0.2, 0.25) is 5.88 Å². The quantitative estimate of drug-likeness (QED) is 0.341. The van der Waals surface area contributed by atoms with E-state index < -0.39 is 17.2 Å². The first-order valence-corrected chi connectivity index (χ1v) is 11.4. The molecule has 35 heavy (non-hydrogen) atoms. The molecule has 13 heteroatoms. The van der Waals surface area contributed by atoms with Gasteiger partial charge in [0.15, 0.2) is 17.0 Å². The van der Waals surface area contributed by atoms with Gasteiger partial charge in [0.25, 0.3) is 5.56 Å². The summed E-state index contributed by atoms with van der Waals surface area (Å²) < 4.78 is 10.4. The number of H-pyrrole nitrogens is 1. The summed E-state index contributed by atoms with van der Waals surface area (Å²) in [6.45, 7) is 6.64. The average Bonchev–Trinajstić information content (AvgIpc) is 3.44. The Bertz CT molecular complexity index is 1480. The Morgan fingerprint density at radius 2 is 1.94 bits per heavy atom. The topological polar surface area (TPSA) is 163 Å². The van der Waals surface area contributed by atoms with Crippen molar-refractivity contribution in [2.45, 2.75) is 59.7 Å². The van der Waals surface area contributed by atoms with Crippen LogP contribution in [0.15, 0.2) is 27.9 Å². The molecule has 0 atom stereocenters. The minimum Gasteiger partial charge on any atom is -0.478 e. The van der Waals surface area contributed by atoms with Gasteiger partial charge >= 0.3 is 11.7 Å². The molecule has 0 unspecified atom stereocenters. The number of imidazole rings is 1. The van der Waals surface area contributed by atoms with Crippen molar-refractivity contribution in [1.29, 1.82) is 0 Å². The lowest BCUT2D eigenvalue weighted by Crippen LogP contribution is -2.31. The maximum atomic E-state index is 12.5. The smallest absolute Gasteiger partial charge is 0.339 e. The summed E-state index contributed by atoms with van der Waals surface area (Å²) in [5.41, 5.74) is 0.297. The number of unbranched alkanes of at least 4 members (excludes halogenated alkanes) is 1. The number of ether oxygens (including phenoxy) is 1. The van der Waals surface area contributed by atoms with Gasteiger partial charge in [0.05, 0.1) is 11.9 Å². The van der Waals surface area contributed by atoms with Gasteiger partial charge in [-0.25, -0.2) is 19.3 Å². The SMILES string of the molecule is CCCCn1c(=O)[nH]c(=O)c2c1nc(COc1ccc(-n3ncc(C(=O)O)c3CC)nn1)n2CC. The van der Waals surface area contributed by atoms with Crippen molar-refractivity contribution >= 4 is 17.1 Å². The zero-order valence-electron chi connectivity index (χ0n) is 19.7. The van der Waals surface area contributed by atoms with Crippen molar-refractivity contribution < 1.29 is 14.6 Å². The van der Waals surface area contributed by atoms with E-state index in [1.54, 1.807) is 16.7 Å². The third-order valence-corrected chi connectivity index (χ3v) is 5.64. The van der Waals surface area contributed by atoms with Crippen LogP contribution in [0.5, 0.6) is 5.88 Å². The van der Waals surface area contributed by atoms with E-state index in [-0.39, 0.29) is 18.1 Å². The maximum Gasteiger partial charge on any atom is 0.339 e. The molecule has 0 aliphatic carbocycles. The number of carboxylic acid groups (broad SMARTS) is 1. The van der Waals surface area contributed by atoms with Crippen molar-refractivity contribution in [3.05, 3.63) is 56.2 Å². The molecular formula is C22H26N8O5. The molecule has 0 saturated heterocycles. The Kier molecular flexibility index (Phi) is 6.75. The van der Waals surface area contributed by atoms with Gasteiger partial charge in [0.1, 0.15) is 18.0 Å². The van der Waals surface area contributed by atoms with Crippen molar-refractivity contribution in [2.75, 3.05) is 0 Å². The zero-order valence-corrected chi connectivity index (χ0v) is 19.7. The van der Waals surface area contributed by atoms with Crippen LogP contribution in [0.25, 0.3) is 17.0 Å².